The molecule has 3 heteroatoms. The van der Waals surface area contributed by atoms with Crippen LogP contribution in [0.4, 0.5) is 0 Å². The minimum atomic E-state index is -0.236. The topological polar surface area (TPSA) is 55.1 Å². The first-order chi connectivity index (χ1) is 8.45. The Kier molecular flexibility index (Phi) is 6.13. The van der Waals surface area contributed by atoms with Crippen molar-refractivity contribution in [2.24, 2.45) is 17.6 Å². The summed E-state index contributed by atoms with van der Waals surface area (Å²) in [6.07, 6.45) is 7.99. The van der Waals surface area contributed by atoms with Crippen molar-refractivity contribution >= 4 is 5.91 Å². The molecule has 0 saturated heterocycles. The van der Waals surface area contributed by atoms with Gasteiger partial charge < -0.3 is 11.1 Å². The molecule has 1 unspecified atom stereocenters. The van der Waals surface area contributed by atoms with Crippen LogP contribution < -0.4 is 11.1 Å². The van der Waals surface area contributed by atoms with Crippen molar-refractivity contribution in [1.82, 2.24) is 5.32 Å². The van der Waals surface area contributed by atoms with Crippen molar-refractivity contribution < 1.29 is 4.79 Å². The van der Waals surface area contributed by atoms with Gasteiger partial charge in [0.05, 0.1) is 0 Å². The fourth-order valence-electron chi connectivity index (χ4n) is 3.13. The second-order valence-electron chi connectivity index (χ2n) is 6.62. The molecule has 1 rings (SSSR count). The van der Waals surface area contributed by atoms with Gasteiger partial charge in [-0.3, -0.25) is 4.79 Å². The highest BCUT2D eigenvalue weighted by molar-refractivity contribution is 5.77. The van der Waals surface area contributed by atoms with E-state index in [1.165, 1.54) is 32.1 Å². The summed E-state index contributed by atoms with van der Waals surface area (Å²) >= 11 is 0. The molecule has 0 aromatic carbocycles. The SMILES string of the molecule is CC(C)CC(C)(CN)NC(=O)CC1CCCCC1. The lowest BCUT2D eigenvalue weighted by molar-refractivity contribution is -0.124. The van der Waals surface area contributed by atoms with E-state index < -0.39 is 0 Å². The molecule has 0 aliphatic heterocycles. The lowest BCUT2D eigenvalue weighted by atomic mass is 9.86. The number of nitrogens with one attached hydrogen (secondary N) is 1. The Morgan fingerprint density at radius 3 is 2.44 bits per heavy atom. The molecule has 0 spiro atoms. The highest BCUT2D eigenvalue weighted by Gasteiger charge is 2.27. The summed E-state index contributed by atoms with van der Waals surface area (Å²) in [6.45, 7) is 6.91. The van der Waals surface area contributed by atoms with E-state index in [0.29, 0.717) is 24.8 Å². The standard InChI is InChI=1S/C15H30N2O/c1-12(2)10-15(3,11-16)17-14(18)9-13-7-5-4-6-8-13/h12-13H,4-11,16H2,1-3H3,(H,17,18). The summed E-state index contributed by atoms with van der Waals surface area (Å²) in [5.74, 6) is 1.34. The number of rotatable bonds is 6. The van der Waals surface area contributed by atoms with Crippen LogP contribution in [0.3, 0.4) is 0 Å². The molecule has 1 atom stereocenters. The van der Waals surface area contributed by atoms with Crippen molar-refractivity contribution in [3.05, 3.63) is 0 Å². The molecule has 3 N–H and O–H groups in total. The summed E-state index contributed by atoms with van der Waals surface area (Å²) in [4.78, 5) is 12.1. The molecule has 1 amide bonds. The maximum absolute atomic E-state index is 12.1. The quantitative estimate of drug-likeness (QED) is 0.766. The Labute approximate surface area is 112 Å². The number of nitrogens with two attached hydrogens (primary N) is 1. The maximum atomic E-state index is 12.1. The van der Waals surface area contributed by atoms with Gasteiger partial charge in [0.1, 0.15) is 0 Å². The van der Waals surface area contributed by atoms with Crippen LogP contribution in [0.2, 0.25) is 0 Å². The predicted molar refractivity (Wildman–Crippen MR) is 76.2 cm³/mol. The van der Waals surface area contributed by atoms with Gasteiger partial charge in [-0.05, 0) is 38.0 Å². The molecule has 1 aliphatic rings. The molecular weight excluding hydrogens is 224 g/mol. The Bertz CT molecular complexity index is 259. The number of carbonyl (C=O) groups excluding carboxylic acids is 1. The van der Waals surface area contributed by atoms with Gasteiger partial charge in [0, 0.05) is 18.5 Å². The van der Waals surface area contributed by atoms with Gasteiger partial charge in [-0.15, -0.1) is 0 Å². The van der Waals surface area contributed by atoms with Crippen molar-refractivity contribution in [3.63, 3.8) is 0 Å². The van der Waals surface area contributed by atoms with Crippen LogP contribution in [0.15, 0.2) is 0 Å². The van der Waals surface area contributed by atoms with Gasteiger partial charge >= 0.3 is 0 Å². The van der Waals surface area contributed by atoms with Crippen molar-refractivity contribution in [3.8, 4) is 0 Å². The summed E-state index contributed by atoms with van der Waals surface area (Å²) < 4.78 is 0. The Morgan fingerprint density at radius 1 is 1.33 bits per heavy atom. The number of hydrogen-bond donors (Lipinski definition) is 2. The largest absolute Gasteiger partial charge is 0.350 e. The summed E-state index contributed by atoms with van der Waals surface area (Å²) in [5, 5.41) is 3.16. The number of carbonyl (C=O) groups is 1. The summed E-state index contributed by atoms with van der Waals surface area (Å²) in [5.41, 5.74) is 5.59. The minimum Gasteiger partial charge on any atom is -0.350 e. The highest BCUT2D eigenvalue weighted by atomic mass is 16.1. The zero-order valence-electron chi connectivity index (χ0n) is 12.3. The van der Waals surface area contributed by atoms with E-state index in [1.807, 2.05) is 0 Å². The average Bonchev–Trinajstić information content (AvgIpc) is 2.28. The molecule has 1 fully saturated rings. The van der Waals surface area contributed by atoms with E-state index in [4.69, 9.17) is 5.73 Å². The van der Waals surface area contributed by atoms with E-state index in [-0.39, 0.29) is 11.4 Å². The maximum Gasteiger partial charge on any atom is 0.220 e. The summed E-state index contributed by atoms with van der Waals surface area (Å²) in [7, 11) is 0. The van der Waals surface area contributed by atoms with Gasteiger partial charge in [-0.1, -0.05) is 33.1 Å². The average molecular weight is 254 g/mol. The molecule has 106 valence electrons. The second kappa shape index (κ2) is 7.13. The van der Waals surface area contributed by atoms with Crippen molar-refractivity contribution in [2.45, 2.75) is 71.3 Å². The van der Waals surface area contributed by atoms with Crippen molar-refractivity contribution in [2.75, 3.05) is 6.54 Å². The van der Waals surface area contributed by atoms with Crippen LogP contribution in [-0.4, -0.2) is 18.0 Å². The second-order valence-corrected chi connectivity index (χ2v) is 6.62. The van der Waals surface area contributed by atoms with Gasteiger partial charge in [0.15, 0.2) is 0 Å². The zero-order chi connectivity index (χ0) is 13.6. The Balaban J connectivity index is 2.40. The third-order valence-corrected chi connectivity index (χ3v) is 3.95. The van der Waals surface area contributed by atoms with Crippen LogP contribution >= 0.6 is 0 Å². The van der Waals surface area contributed by atoms with Crippen LogP contribution in [0.1, 0.15) is 65.7 Å². The molecule has 0 radical (unpaired) electrons. The molecule has 3 nitrogen and oxygen atoms in total. The van der Waals surface area contributed by atoms with Gasteiger partial charge in [0.25, 0.3) is 0 Å². The molecule has 0 heterocycles. The van der Waals surface area contributed by atoms with Crippen molar-refractivity contribution in [1.29, 1.82) is 0 Å². The molecule has 1 saturated carbocycles. The first-order valence-corrected chi connectivity index (χ1v) is 7.46. The molecular formula is C15H30N2O. The third kappa shape index (κ3) is 5.38. The molecule has 18 heavy (non-hydrogen) atoms. The highest BCUT2D eigenvalue weighted by Crippen LogP contribution is 2.26. The summed E-state index contributed by atoms with van der Waals surface area (Å²) in [6, 6.07) is 0. The zero-order valence-corrected chi connectivity index (χ0v) is 12.3. The van der Waals surface area contributed by atoms with Gasteiger partial charge in [0.2, 0.25) is 5.91 Å². The molecule has 0 aromatic heterocycles. The Morgan fingerprint density at radius 2 is 1.94 bits per heavy atom. The molecule has 0 bridgehead atoms. The van der Waals surface area contributed by atoms with Crippen LogP contribution in [-0.2, 0) is 4.79 Å². The lowest BCUT2D eigenvalue weighted by Gasteiger charge is -2.32. The normalized spacial score (nSPS) is 20.7. The van der Waals surface area contributed by atoms with E-state index in [2.05, 4.69) is 26.1 Å². The lowest BCUT2D eigenvalue weighted by Crippen LogP contribution is -2.52. The fraction of sp³-hybridized carbons (Fsp3) is 0.933. The van der Waals surface area contributed by atoms with Crippen LogP contribution in [0, 0.1) is 11.8 Å². The molecule has 1 aliphatic carbocycles. The van der Waals surface area contributed by atoms with E-state index >= 15 is 0 Å². The van der Waals surface area contributed by atoms with Crippen LogP contribution in [0.5, 0.6) is 0 Å². The Hall–Kier alpha value is -0.570. The minimum absolute atomic E-state index is 0.190. The van der Waals surface area contributed by atoms with E-state index in [0.717, 1.165) is 6.42 Å². The fourth-order valence-corrected chi connectivity index (χ4v) is 3.13. The van der Waals surface area contributed by atoms with E-state index in [9.17, 15) is 4.79 Å². The number of amides is 1. The van der Waals surface area contributed by atoms with Crippen LogP contribution in [0.25, 0.3) is 0 Å². The first-order valence-electron chi connectivity index (χ1n) is 7.46. The van der Waals surface area contributed by atoms with Gasteiger partial charge in [-0.25, -0.2) is 0 Å². The third-order valence-electron chi connectivity index (χ3n) is 3.95. The smallest absolute Gasteiger partial charge is 0.220 e. The monoisotopic (exact) mass is 254 g/mol. The predicted octanol–water partition coefficient (Wildman–Crippen LogP) is 2.84. The molecule has 0 aromatic rings. The first kappa shape index (κ1) is 15.5. The number of hydrogen-bond acceptors (Lipinski definition) is 2. The van der Waals surface area contributed by atoms with E-state index in [1.54, 1.807) is 0 Å². The van der Waals surface area contributed by atoms with Gasteiger partial charge in [-0.2, -0.15) is 0 Å².